The van der Waals surface area contributed by atoms with Crippen molar-refractivity contribution in [1.29, 1.82) is 0 Å². The van der Waals surface area contributed by atoms with Gasteiger partial charge in [-0.3, -0.25) is 0 Å². The van der Waals surface area contributed by atoms with Gasteiger partial charge in [0.05, 0.1) is 6.54 Å². The van der Waals surface area contributed by atoms with E-state index in [1.54, 1.807) is 6.92 Å². The van der Waals surface area contributed by atoms with Crippen molar-refractivity contribution < 1.29 is 9.53 Å². The van der Waals surface area contributed by atoms with E-state index >= 15 is 0 Å². The lowest BCUT2D eigenvalue weighted by Gasteiger charge is -2.22. The number of carbonyl (C=O) groups is 1. The molecule has 1 aromatic rings. The fourth-order valence-corrected chi connectivity index (χ4v) is 1.85. The highest BCUT2D eigenvalue weighted by Gasteiger charge is 2.07. The molecule has 0 radical (unpaired) electrons. The van der Waals surface area contributed by atoms with E-state index in [4.69, 9.17) is 4.74 Å². The molecule has 0 saturated heterocycles. The van der Waals surface area contributed by atoms with Gasteiger partial charge in [0.2, 0.25) is 0 Å². The molecular weight excluding hydrogens is 341 g/mol. The third kappa shape index (κ3) is 4.68. The predicted molar refractivity (Wildman–Crippen MR) is 82.8 cm³/mol. The van der Waals surface area contributed by atoms with Gasteiger partial charge in [-0.15, -0.1) is 0 Å². The van der Waals surface area contributed by atoms with Crippen molar-refractivity contribution in [2.24, 2.45) is 0 Å². The Balaban J connectivity index is 2.50. The maximum atomic E-state index is 11.3. The van der Waals surface area contributed by atoms with Crippen molar-refractivity contribution in [1.82, 2.24) is 0 Å². The Morgan fingerprint density at radius 1 is 1.39 bits per heavy atom. The second kappa shape index (κ2) is 7.41. The summed E-state index contributed by atoms with van der Waals surface area (Å²) in [6.45, 7) is 9.24. The summed E-state index contributed by atoms with van der Waals surface area (Å²) >= 11 is 2.28. The van der Waals surface area contributed by atoms with Gasteiger partial charge in [0.25, 0.3) is 0 Å². The zero-order valence-corrected chi connectivity index (χ0v) is 12.9. The molecule has 0 N–H and O–H groups in total. The second-order valence-corrected chi connectivity index (χ2v) is 5.22. The summed E-state index contributed by atoms with van der Waals surface area (Å²) < 4.78 is 6.31. The molecule has 4 heteroatoms. The van der Waals surface area contributed by atoms with Crippen LogP contribution in [-0.4, -0.2) is 25.7 Å². The van der Waals surface area contributed by atoms with Gasteiger partial charge in [-0.25, -0.2) is 4.79 Å². The molecule has 0 fully saturated rings. The van der Waals surface area contributed by atoms with E-state index in [0.717, 1.165) is 12.2 Å². The molecule has 0 aliphatic rings. The number of carbonyl (C=O) groups excluding carboxylic acids is 1. The van der Waals surface area contributed by atoms with Crippen LogP contribution in [0, 0.1) is 3.57 Å². The lowest BCUT2D eigenvalue weighted by Crippen LogP contribution is -2.28. The number of ether oxygens (including phenoxy) is 1. The van der Waals surface area contributed by atoms with E-state index in [9.17, 15) is 4.79 Å². The molecule has 0 bridgehead atoms. The SMILES string of the molecule is C=C(C)C(=O)OCCN(CC)c1ccc(I)cc1. The first-order valence-corrected chi connectivity index (χ1v) is 6.95. The van der Waals surface area contributed by atoms with Gasteiger partial charge < -0.3 is 9.64 Å². The molecule has 0 aromatic heterocycles. The van der Waals surface area contributed by atoms with E-state index in [1.807, 2.05) is 0 Å². The predicted octanol–water partition coefficient (Wildman–Crippen LogP) is 3.24. The van der Waals surface area contributed by atoms with Gasteiger partial charge in [-0.1, -0.05) is 6.58 Å². The number of hydrogen-bond donors (Lipinski definition) is 0. The number of benzene rings is 1. The highest BCUT2D eigenvalue weighted by Crippen LogP contribution is 2.15. The summed E-state index contributed by atoms with van der Waals surface area (Å²) in [5, 5.41) is 0. The van der Waals surface area contributed by atoms with Crippen molar-refractivity contribution in [3.05, 3.63) is 40.0 Å². The molecule has 0 aliphatic heterocycles. The number of halogens is 1. The largest absolute Gasteiger partial charge is 0.460 e. The molecule has 18 heavy (non-hydrogen) atoms. The molecule has 0 aliphatic carbocycles. The van der Waals surface area contributed by atoms with E-state index in [2.05, 4.69) is 65.3 Å². The summed E-state index contributed by atoms with van der Waals surface area (Å²) in [5.41, 5.74) is 1.58. The summed E-state index contributed by atoms with van der Waals surface area (Å²) in [4.78, 5) is 13.4. The zero-order valence-electron chi connectivity index (χ0n) is 10.8. The van der Waals surface area contributed by atoms with Gasteiger partial charge in [0, 0.05) is 21.4 Å². The van der Waals surface area contributed by atoms with Crippen LogP contribution < -0.4 is 4.90 Å². The monoisotopic (exact) mass is 359 g/mol. The van der Waals surface area contributed by atoms with Gasteiger partial charge in [-0.05, 0) is 60.7 Å². The molecule has 0 saturated carbocycles. The lowest BCUT2D eigenvalue weighted by molar-refractivity contribution is -0.138. The normalized spacial score (nSPS) is 9.94. The van der Waals surface area contributed by atoms with Crippen LogP contribution in [0.2, 0.25) is 0 Å². The zero-order chi connectivity index (χ0) is 13.5. The Morgan fingerprint density at radius 3 is 2.50 bits per heavy atom. The standard InChI is InChI=1S/C14H18INO2/c1-4-16(9-10-18-14(17)11(2)3)13-7-5-12(15)6-8-13/h5-8H,2,4,9-10H2,1,3H3. The Bertz CT molecular complexity index is 414. The Kier molecular flexibility index (Phi) is 6.18. The maximum Gasteiger partial charge on any atom is 0.333 e. The van der Waals surface area contributed by atoms with Crippen molar-refractivity contribution >= 4 is 34.2 Å². The summed E-state index contributed by atoms with van der Waals surface area (Å²) in [5.74, 6) is -0.325. The van der Waals surface area contributed by atoms with Crippen molar-refractivity contribution in [2.45, 2.75) is 13.8 Å². The summed E-state index contributed by atoms with van der Waals surface area (Å²) in [6.07, 6.45) is 0. The van der Waals surface area contributed by atoms with Gasteiger partial charge in [0.15, 0.2) is 0 Å². The molecule has 0 atom stereocenters. The number of nitrogens with zero attached hydrogens (tertiary/aromatic N) is 1. The third-order valence-corrected chi connectivity index (χ3v) is 3.24. The van der Waals surface area contributed by atoms with Crippen molar-refractivity contribution in [2.75, 3.05) is 24.6 Å². The van der Waals surface area contributed by atoms with E-state index in [-0.39, 0.29) is 5.97 Å². The first-order valence-electron chi connectivity index (χ1n) is 5.87. The second-order valence-electron chi connectivity index (χ2n) is 3.97. The van der Waals surface area contributed by atoms with E-state index < -0.39 is 0 Å². The topological polar surface area (TPSA) is 29.5 Å². The molecule has 0 spiro atoms. The van der Waals surface area contributed by atoms with Crippen LogP contribution in [0.4, 0.5) is 5.69 Å². The average Bonchev–Trinajstić information content (AvgIpc) is 2.35. The number of anilines is 1. The molecule has 0 unspecified atom stereocenters. The molecule has 0 amide bonds. The van der Waals surface area contributed by atoms with Gasteiger partial charge in [-0.2, -0.15) is 0 Å². The maximum absolute atomic E-state index is 11.3. The highest BCUT2D eigenvalue weighted by molar-refractivity contribution is 14.1. The van der Waals surface area contributed by atoms with Crippen LogP contribution in [-0.2, 0) is 9.53 Å². The van der Waals surface area contributed by atoms with E-state index in [1.165, 1.54) is 3.57 Å². The van der Waals surface area contributed by atoms with Crippen LogP contribution in [0.5, 0.6) is 0 Å². The number of hydrogen-bond acceptors (Lipinski definition) is 3. The molecule has 1 aromatic carbocycles. The minimum absolute atomic E-state index is 0.325. The molecule has 98 valence electrons. The summed E-state index contributed by atoms with van der Waals surface area (Å²) in [7, 11) is 0. The highest BCUT2D eigenvalue weighted by atomic mass is 127. The van der Waals surface area contributed by atoms with Gasteiger partial charge >= 0.3 is 5.97 Å². The van der Waals surface area contributed by atoms with Crippen LogP contribution in [0.3, 0.4) is 0 Å². The summed E-state index contributed by atoms with van der Waals surface area (Å²) in [6, 6.07) is 8.29. The molecule has 0 heterocycles. The van der Waals surface area contributed by atoms with Gasteiger partial charge in [0.1, 0.15) is 6.61 Å². The van der Waals surface area contributed by atoms with Crippen molar-refractivity contribution in [3.8, 4) is 0 Å². The molecule has 3 nitrogen and oxygen atoms in total. The Hall–Kier alpha value is -1.04. The Morgan fingerprint density at radius 2 is 2.00 bits per heavy atom. The van der Waals surface area contributed by atoms with Crippen molar-refractivity contribution in [3.63, 3.8) is 0 Å². The minimum atomic E-state index is -0.325. The van der Waals surface area contributed by atoms with Crippen LogP contribution in [0.25, 0.3) is 0 Å². The van der Waals surface area contributed by atoms with Crippen LogP contribution in [0.15, 0.2) is 36.4 Å². The molecular formula is C14H18INO2. The average molecular weight is 359 g/mol. The van der Waals surface area contributed by atoms with Crippen LogP contribution in [0.1, 0.15) is 13.8 Å². The quantitative estimate of drug-likeness (QED) is 0.444. The third-order valence-electron chi connectivity index (χ3n) is 2.52. The number of rotatable bonds is 6. The minimum Gasteiger partial charge on any atom is -0.460 e. The van der Waals surface area contributed by atoms with Crippen LogP contribution >= 0.6 is 22.6 Å². The lowest BCUT2D eigenvalue weighted by atomic mass is 10.3. The number of likely N-dealkylation sites (N-methyl/N-ethyl adjacent to an activating group) is 1. The first-order chi connectivity index (χ1) is 8.54. The molecule has 1 rings (SSSR count). The fraction of sp³-hybridized carbons (Fsp3) is 0.357. The first kappa shape index (κ1) is 15.0. The number of esters is 1. The Labute approximate surface area is 122 Å². The smallest absolute Gasteiger partial charge is 0.333 e. The van der Waals surface area contributed by atoms with E-state index in [0.29, 0.717) is 18.7 Å². The fourth-order valence-electron chi connectivity index (χ4n) is 1.49.